The van der Waals surface area contributed by atoms with Crippen molar-refractivity contribution in [2.75, 3.05) is 0 Å². The molecule has 8 heteroatoms. The van der Waals surface area contributed by atoms with Crippen molar-refractivity contribution < 1.29 is 9.21 Å². The first-order chi connectivity index (χ1) is 11.2. The summed E-state index contributed by atoms with van der Waals surface area (Å²) in [5.41, 5.74) is 7.31. The summed E-state index contributed by atoms with van der Waals surface area (Å²) in [5.74, 6) is 0.478. The molecule has 23 heavy (non-hydrogen) atoms. The summed E-state index contributed by atoms with van der Waals surface area (Å²) in [5, 5.41) is 18.2. The lowest BCUT2D eigenvalue weighted by molar-refractivity contribution is 0.0996. The molecule has 0 saturated heterocycles. The highest BCUT2D eigenvalue weighted by Crippen LogP contribution is 2.24. The van der Waals surface area contributed by atoms with Gasteiger partial charge in [0.2, 0.25) is 11.8 Å². The van der Waals surface area contributed by atoms with Crippen molar-refractivity contribution in [2.24, 2.45) is 5.73 Å². The number of aromatic amines is 1. The number of benzene rings is 1. The fraction of sp³-hybridized carbons (Fsp3) is 0.267. The van der Waals surface area contributed by atoms with E-state index in [1.54, 1.807) is 12.1 Å². The highest BCUT2D eigenvalue weighted by atomic mass is 16.4. The highest BCUT2D eigenvalue weighted by Gasteiger charge is 2.15. The van der Waals surface area contributed by atoms with Gasteiger partial charge in [-0.05, 0) is 18.6 Å². The Morgan fingerprint density at radius 2 is 1.91 bits per heavy atom. The van der Waals surface area contributed by atoms with Crippen LogP contribution in [0, 0.1) is 0 Å². The van der Waals surface area contributed by atoms with E-state index in [0.29, 0.717) is 17.5 Å². The van der Waals surface area contributed by atoms with E-state index in [4.69, 9.17) is 10.2 Å². The molecule has 0 atom stereocenters. The SMILES string of the molecule is CCCCc1nnc(-c2ccc(-c3n[nH]nc3C(N)=O)cc2)o1. The summed E-state index contributed by atoms with van der Waals surface area (Å²) < 4.78 is 5.63. The Kier molecular flexibility index (Phi) is 4.13. The van der Waals surface area contributed by atoms with Crippen LogP contribution in [0.5, 0.6) is 0 Å². The van der Waals surface area contributed by atoms with Crippen LogP contribution in [0.1, 0.15) is 36.1 Å². The molecule has 0 aliphatic heterocycles. The van der Waals surface area contributed by atoms with Crippen LogP contribution in [0.2, 0.25) is 0 Å². The third-order valence-corrected chi connectivity index (χ3v) is 3.40. The third kappa shape index (κ3) is 3.10. The van der Waals surface area contributed by atoms with Crippen molar-refractivity contribution in [3.8, 4) is 22.7 Å². The Morgan fingerprint density at radius 3 is 2.61 bits per heavy atom. The van der Waals surface area contributed by atoms with Crippen LogP contribution in [-0.2, 0) is 6.42 Å². The van der Waals surface area contributed by atoms with Crippen LogP contribution in [0.25, 0.3) is 22.7 Å². The van der Waals surface area contributed by atoms with E-state index in [9.17, 15) is 4.79 Å². The number of H-pyrrole nitrogens is 1. The van der Waals surface area contributed by atoms with Crippen LogP contribution < -0.4 is 5.73 Å². The molecule has 0 aliphatic rings. The van der Waals surface area contributed by atoms with Crippen molar-refractivity contribution in [3.05, 3.63) is 35.9 Å². The molecule has 0 unspecified atom stereocenters. The van der Waals surface area contributed by atoms with Crippen molar-refractivity contribution in [1.29, 1.82) is 0 Å². The van der Waals surface area contributed by atoms with Gasteiger partial charge in [-0.1, -0.05) is 25.5 Å². The number of unbranched alkanes of at least 4 members (excludes halogenated alkanes) is 1. The summed E-state index contributed by atoms with van der Waals surface area (Å²) in [6.45, 7) is 2.11. The fourth-order valence-corrected chi connectivity index (χ4v) is 2.17. The lowest BCUT2D eigenvalue weighted by Gasteiger charge is -1.99. The Hall–Kier alpha value is -3.03. The quantitative estimate of drug-likeness (QED) is 0.717. The van der Waals surface area contributed by atoms with Crippen molar-refractivity contribution >= 4 is 5.91 Å². The number of rotatable bonds is 6. The highest BCUT2D eigenvalue weighted by molar-refractivity contribution is 5.96. The predicted molar refractivity (Wildman–Crippen MR) is 82.2 cm³/mol. The number of primary amides is 1. The topological polar surface area (TPSA) is 124 Å². The molecule has 118 valence electrons. The van der Waals surface area contributed by atoms with Gasteiger partial charge < -0.3 is 10.2 Å². The summed E-state index contributed by atoms with van der Waals surface area (Å²) in [6.07, 6.45) is 2.87. The molecule has 0 fully saturated rings. The normalized spacial score (nSPS) is 10.8. The fourth-order valence-electron chi connectivity index (χ4n) is 2.17. The third-order valence-electron chi connectivity index (χ3n) is 3.40. The predicted octanol–water partition coefficient (Wildman–Crippen LogP) is 1.96. The number of carbonyl (C=O) groups excluding carboxylic acids is 1. The van der Waals surface area contributed by atoms with Crippen LogP contribution in [-0.4, -0.2) is 31.5 Å². The van der Waals surface area contributed by atoms with E-state index >= 15 is 0 Å². The molecular weight excluding hydrogens is 296 g/mol. The van der Waals surface area contributed by atoms with E-state index in [-0.39, 0.29) is 5.69 Å². The van der Waals surface area contributed by atoms with E-state index in [1.165, 1.54) is 0 Å². The largest absolute Gasteiger partial charge is 0.421 e. The smallest absolute Gasteiger partial charge is 0.271 e. The van der Waals surface area contributed by atoms with Crippen molar-refractivity contribution in [1.82, 2.24) is 25.6 Å². The zero-order valence-corrected chi connectivity index (χ0v) is 12.6. The Labute approximate surface area is 132 Å². The standard InChI is InChI=1S/C15H16N6O2/c1-2-3-4-11-17-20-15(23-11)10-7-5-9(6-8-10)12-13(14(16)22)19-21-18-12/h5-8H,2-4H2,1H3,(H2,16,22)(H,18,19,21). The van der Waals surface area contributed by atoms with Crippen molar-refractivity contribution in [2.45, 2.75) is 26.2 Å². The lowest BCUT2D eigenvalue weighted by atomic mass is 10.1. The van der Waals surface area contributed by atoms with E-state index in [2.05, 4.69) is 32.5 Å². The zero-order chi connectivity index (χ0) is 16.2. The molecule has 1 amide bonds. The minimum absolute atomic E-state index is 0.109. The molecule has 0 spiro atoms. The molecular formula is C15H16N6O2. The maximum atomic E-state index is 11.3. The number of aromatic nitrogens is 5. The summed E-state index contributed by atoms with van der Waals surface area (Å²) >= 11 is 0. The summed E-state index contributed by atoms with van der Waals surface area (Å²) in [7, 11) is 0. The first-order valence-electron chi connectivity index (χ1n) is 7.32. The zero-order valence-electron chi connectivity index (χ0n) is 12.6. The monoisotopic (exact) mass is 312 g/mol. The van der Waals surface area contributed by atoms with E-state index in [1.807, 2.05) is 12.1 Å². The molecule has 0 bridgehead atoms. The van der Waals surface area contributed by atoms with Gasteiger partial charge in [-0.3, -0.25) is 4.79 Å². The number of amides is 1. The molecule has 1 aromatic carbocycles. The summed E-state index contributed by atoms with van der Waals surface area (Å²) in [6, 6.07) is 7.25. The van der Waals surface area contributed by atoms with Gasteiger partial charge in [0.05, 0.1) is 0 Å². The number of carbonyl (C=O) groups is 1. The first-order valence-corrected chi connectivity index (χ1v) is 7.32. The van der Waals surface area contributed by atoms with Crippen LogP contribution in [0.3, 0.4) is 0 Å². The molecule has 3 aromatic rings. The second kappa shape index (κ2) is 6.39. The van der Waals surface area contributed by atoms with Gasteiger partial charge in [-0.15, -0.1) is 10.2 Å². The number of hydrogen-bond donors (Lipinski definition) is 2. The molecule has 0 radical (unpaired) electrons. The molecule has 8 nitrogen and oxygen atoms in total. The second-order valence-electron chi connectivity index (χ2n) is 5.07. The van der Waals surface area contributed by atoms with Gasteiger partial charge in [0.25, 0.3) is 5.91 Å². The maximum Gasteiger partial charge on any atom is 0.271 e. The summed E-state index contributed by atoms with van der Waals surface area (Å²) in [4.78, 5) is 11.3. The minimum Gasteiger partial charge on any atom is -0.421 e. The van der Waals surface area contributed by atoms with E-state index in [0.717, 1.165) is 30.4 Å². The van der Waals surface area contributed by atoms with Crippen molar-refractivity contribution in [3.63, 3.8) is 0 Å². The van der Waals surface area contributed by atoms with Gasteiger partial charge in [0.1, 0.15) is 5.69 Å². The average molecular weight is 312 g/mol. The number of aryl methyl sites for hydroxylation is 1. The van der Waals surface area contributed by atoms with Gasteiger partial charge in [0, 0.05) is 17.5 Å². The van der Waals surface area contributed by atoms with E-state index < -0.39 is 5.91 Å². The molecule has 2 aromatic heterocycles. The Bertz CT molecular complexity index is 805. The number of hydrogen-bond acceptors (Lipinski definition) is 6. The van der Waals surface area contributed by atoms with Crippen LogP contribution in [0.15, 0.2) is 28.7 Å². The number of nitrogens with one attached hydrogen (secondary N) is 1. The Balaban J connectivity index is 1.83. The second-order valence-corrected chi connectivity index (χ2v) is 5.07. The lowest BCUT2D eigenvalue weighted by Crippen LogP contribution is -2.12. The minimum atomic E-state index is -0.629. The van der Waals surface area contributed by atoms with Gasteiger partial charge in [-0.25, -0.2) is 0 Å². The van der Waals surface area contributed by atoms with Crippen LogP contribution in [0.4, 0.5) is 0 Å². The van der Waals surface area contributed by atoms with Gasteiger partial charge in [0.15, 0.2) is 5.69 Å². The van der Waals surface area contributed by atoms with Crippen LogP contribution >= 0.6 is 0 Å². The Morgan fingerprint density at radius 1 is 1.17 bits per heavy atom. The van der Waals surface area contributed by atoms with Gasteiger partial charge in [-0.2, -0.15) is 15.4 Å². The maximum absolute atomic E-state index is 11.3. The molecule has 2 heterocycles. The molecule has 0 saturated carbocycles. The first kappa shape index (κ1) is 14.9. The molecule has 0 aliphatic carbocycles. The average Bonchev–Trinajstić information content (AvgIpc) is 3.22. The van der Waals surface area contributed by atoms with Gasteiger partial charge >= 0.3 is 0 Å². The number of nitrogens with two attached hydrogens (primary N) is 1. The number of nitrogens with zero attached hydrogens (tertiary/aromatic N) is 4. The molecule has 3 N–H and O–H groups in total. The molecule has 3 rings (SSSR count).